The second-order valence-corrected chi connectivity index (χ2v) is 4.66. The molecule has 0 bridgehead atoms. The molecule has 104 valence electrons. The molecular formula is C15H17N3O2. The van der Waals surface area contributed by atoms with Crippen molar-refractivity contribution in [3.63, 3.8) is 0 Å². The third kappa shape index (κ3) is 3.86. The highest BCUT2D eigenvalue weighted by Crippen LogP contribution is 2.06. The molecule has 5 heteroatoms. The van der Waals surface area contributed by atoms with Crippen LogP contribution < -0.4 is 5.32 Å². The predicted octanol–water partition coefficient (Wildman–Crippen LogP) is 1.90. The van der Waals surface area contributed by atoms with Crippen LogP contribution in [0.2, 0.25) is 0 Å². The van der Waals surface area contributed by atoms with E-state index in [4.69, 9.17) is 5.11 Å². The normalized spacial score (nSPS) is 12.1. The van der Waals surface area contributed by atoms with Crippen LogP contribution in [-0.4, -0.2) is 27.1 Å². The fourth-order valence-electron chi connectivity index (χ4n) is 1.99. The zero-order chi connectivity index (χ0) is 14.4. The molecular weight excluding hydrogens is 254 g/mol. The molecule has 0 aliphatic heterocycles. The fourth-order valence-corrected chi connectivity index (χ4v) is 1.99. The van der Waals surface area contributed by atoms with Gasteiger partial charge in [-0.2, -0.15) is 0 Å². The van der Waals surface area contributed by atoms with Crippen LogP contribution in [0.4, 0.5) is 0 Å². The van der Waals surface area contributed by atoms with Crippen molar-refractivity contribution in [1.29, 1.82) is 0 Å². The van der Waals surface area contributed by atoms with Gasteiger partial charge in [-0.15, -0.1) is 0 Å². The summed E-state index contributed by atoms with van der Waals surface area (Å²) < 4.78 is 0. The summed E-state index contributed by atoms with van der Waals surface area (Å²) in [6.45, 7) is 2.48. The second-order valence-electron chi connectivity index (χ2n) is 4.66. The number of carbonyl (C=O) groups is 1. The van der Waals surface area contributed by atoms with Crippen molar-refractivity contribution < 1.29 is 9.90 Å². The van der Waals surface area contributed by atoms with E-state index in [-0.39, 0.29) is 11.6 Å². The summed E-state index contributed by atoms with van der Waals surface area (Å²) in [5.74, 6) is -1.00. The Morgan fingerprint density at radius 2 is 2.10 bits per heavy atom. The van der Waals surface area contributed by atoms with Gasteiger partial charge in [0.1, 0.15) is 11.9 Å². The highest BCUT2D eigenvalue weighted by molar-refractivity contribution is 5.88. The lowest BCUT2D eigenvalue weighted by Gasteiger charge is -2.14. The Labute approximate surface area is 117 Å². The lowest BCUT2D eigenvalue weighted by atomic mass is 10.1. The van der Waals surface area contributed by atoms with Crippen molar-refractivity contribution in [2.45, 2.75) is 25.9 Å². The molecule has 1 aromatic carbocycles. The molecule has 2 N–H and O–H groups in total. The molecule has 1 atom stereocenters. The molecule has 1 aromatic heterocycles. The maximum atomic E-state index is 11.0. The van der Waals surface area contributed by atoms with Gasteiger partial charge in [0.2, 0.25) is 0 Å². The first-order chi connectivity index (χ1) is 9.66. The molecule has 2 rings (SSSR count). The number of aromatic carboxylic acids is 1. The van der Waals surface area contributed by atoms with E-state index in [0.717, 1.165) is 6.42 Å². The highest BCUT2D eigenvalue weighted by Gasteiger charge is 2.12. The topological polar surface area (TPSA) is 75.1 Å². The van der Waals surface area contributed by atoms with E-state index in [1.54, 1.807) is 0 Å². The maximum Gasteiger partial charge on any atom is 0.339 e. The van der Waals surface area contributed by atoms with Crippen LogP contribution in [0.15, 0.2) is 42.9 Å². The van der Waals surface area contributed by atoms with Gasteiger partial charge in [0, 0.05) is 18.8 Å². The predicted molar refractivity (Wildman–Crippen MR) is 75.4 cm³/mol. The van der Waals surface area contributed by atoms with Gasteiger partial charge in [-0.3, -0.25) is 0 Å². The Hall–Kier alpha value is -2.27. The van der Waals surface area contributed by atoms with Crippen molar-refractivity contribution in [3.8, 4) is 0 Å². The third-order valence-corrected chi connectivity index (χ3v) is 3.03. The number of carboxylic acids is 1. The van der Waals surface area contributed by atoms with E-state index in [2.05, 4.69) is 34.3 Å². The summed E-state index contributed by atoms with van der Waals surface area (Å²) in [6.07, 6.45) is 3.58. The van der Waals surface area contributed by atoms with Crippen molar-refractivity contribution in [3.05, 3.63) is 59.7 Å². The van der Waals surface area contributed by atoms with Crippen LogP contribution >= 0.6 is 0 Å². The molecule has 1 unspecified atom stereocenters. The van der Waals surface area contributed by atoms with E-state index in [9.17, 15) is 4.79 Å². The minimum Gasteiger partial charge on any atom is -0.478 e. The molecule has 5 nitrogen and oxygen atoms in total. The van der Waals surface area contributed by atoms with Gasteiger partial charge in [0.15, 0.2) is 0 Å². The molecule has 0 spiro atoms. The van der Waals surface area contributed by atoms with Crippen LogP contribution in [0.5, 0.6) is 0 Å². The number of nitrogens with one attached hydrogen (secondary N) is 1. The lowest BCUT2D eigenvalue weighted by molar-refractivity contribution is 0.0694. The highest BCUT2D eigenvalue weighted by atomic mass is 16.4. The molecule has 0 aliphatic carbocycles. The van der Waals surface area contributed by atoms with Crippen molar-refractivity contribution in [2.75, 3.05) is 0 Å². The van der Waals surface area contributed by atoms with Crippen LogP contribution in [0, 0.1) is 0 Å². The average molecular weight is 271 g/mol. The number of aromatic nitrogens is 2. The number of benzene rings is 1. The number of hydrogen-bond acceptors (Lipinski definition) is 4. The molecule has 2 aromatic rings. The maximum absolute atomic E-state index is 11.0. The Bertz CT molecular complexity index is 572. The first kappa shape index (κ1) is 14.1. The molecule has 0 saturated heterocycles. The summed E-state index contributed by atoms with van der Waals surface area (Å²) in [6, 6.07) is 10.4. The van der Waals surface area contributed by atoms with Crippen LogP contribution in [0.3, 0.4) is 0 Å². The number of nitrogens with zero attached hydrogens (tertiary/aromatic N) is 2. The van der Waals surface area contributed by atoms with E-state index in [1.165, 1.54) is 18.1 Å². The molecule has 20 heavy (non-hydrogen) atoms. The van der Waals surface area contributed by atoms with Crippen molar-refractivity contribution >= 4 is 5.97 Å². The summed E-state index contributed by atoms with van der Waals surface area (Å²) >= 11 is 0. The van der Waals surface area contributed by atoms with Crippen molar-refractivity contribution in [2.24, 2.45) is 0 Å². The number of rotatable bonds is 6. The van der Waals surface area contributed by atoms with E-state index < -0.39 is 5.97 Å². The van der Waals surface area contributed by atoms with Gasteiger partial charge in [0.05, 0.1) is 5.69 Å². The molecule has 0 fully saturated rings. The largest absolute Gasteiger partial charge is 0.478 e. The quantitative estimate of drug-likeness (QED) is 0.839. The van der Waals surface area contributed by atoms with Gasteiger partial charge in [0.25, 0.3) is 0 Å². The zero-order valence-electron chi connectivity index (χ0n) is 11.3. The van der Waals surface area contributed by atoms with Gasteiger partial charge in [-0.1, -0.05) is 30.3 Å². The minimum atomic E-state index is -1.00. The molecule has 0 saturated carbocycles. The Morgan fingerprint density at radius 1 is 1.35 bits per heavy atom. The fraction of sp³-hybridized carbons (Fsp3) is 0.267. The monoisotopic (exact) mass is 271 g/mol. The average Bonchev–Trinajstić information content (AvgIpc) is 2.46. The minimum absolute atomic E-state index is 0.145. The summed E-state index contributed by atoms with van der Waals surface area (Å²) in [5, 5.41) is 12.3. The first-order valence-electron chi connectivity index (χ1n) is 6.46. The van der Waals surface area contributed by atoms with Gasteiger partial charge >= 0.3 is 5.97 Å². The Balaban J connectivity index is 1.94. The van der Waals surface area contributed by atoms with E-state index >= 15 is 0 Å². The summed E-state index contributed by atoms with van der Waals surface area (Å²) in [5.41, 5.74) is 1.90. The zero-order valence-corrected chi connectivity index (χ0v) is 11.3. The smallest absolute Gasteiger partial charge is 0.339 e. The molecule has 0 amide bonds. The Kier molecular flexibility index (Phi) is 4.79. The second kappa shape index (κ2) is 6.77. The van der Waals surface area contributed by atoms with E-state index in [0.29, 0.717) is 12.2 Å². The first-order valence-corrected chi connectivity index (χ1v) is 6.46. The summed E-state index contributed by atoms with van der Waals surface area (Å²) in [7, 11) is 0. The molecule has 0 aliphatic rings. The van der Waals surface area contributed by atoms with Gasteiger partial charge in [-0.25, -0.2) is 14.8 Å². The van der Waals surface area contributed by atoms with E-state index in [1.807, 2.05) is 18.2 Å². The third-order valence-electron chi connectivity index (χ3n) is 3.03. The SMILES string of the molecule is CC(Cc1ccccc1)NCc1ncncc1C(=O)O. The summed E-state index contributed by atoms with van der Waals surface area (Å²) in [4.78, 5) is 18.8. The van der Waals surface area contributed by atoms with Gasteiger partial charge in [-0.05, 0) is 18.9 Å². The Morgan fingerprint density at radius 3 is 2.80 bits per heavy atom. The lowest BCUT2D eigenvalue weighted by Crippen LogP contribution is -2.28. The van der Waals surface area contributed by atoms with Crippen molar-refractivity contribution in [1.82, 2.24) is 15.3 Å². The van der Waals surface area contributed by atoms with Crippen LogP contribution in [0.1, 0.15) is 28.5 Å². The standard InChI is InChI=1S/C15H17N3O2/c1-11(7-12-5-3-2-4-6-12)17-9-14-13(15(19)20)8-16-10-18-14/h2-6,8,10-11,17H,7,9H2,1H3,(H,19,20). The van der Waals surface area contributed by atoms with Crippen LogP contribution in [0.25, 0.3) is 0 Å². The molecule has 1 heterocycles. The van der Waals surface area contributed by atoms with Gasteiger partial charge < -0.3 is 10.4 Å². The van der Waals surface area contributed by atoms with Crippen LogP contribution in [-0.2, 0) is 13.0 Å². The number of hydrogen-bond donors (Lipinski definition) is 2. The molecule has 0 radical (unpaired) electrons. The number of carboxylic acid groups (broad SMARTS) is 1.